The molecule has 2 amide bonds. The van der Waals surface area contributed by atoms with E-state index in [1.807, 2.05) is 23.6 Å². The third-order valence-corrected chi connectivity index (χ3v) is 4.42. The van der Waals surface area contributed by atoms with E-state index in [2.05, 4.69) is 9.62 Å². The van der Waals surface area contributed by atoms with Gasteiger partial charge >= 0.3 is 6.03 Å². The third-order valence-electron chi connectivity index (χ3n) is 3.69. The molecule has 0 aromatic rings. The number of hydrogen-bond acceptors (Lipinski definition) is 4. The van der Waals surface area contributed by atoms with Crippen LogP contribution in [0.3, 0.4) is 0 Å². The van der Waals surface area contributed by atoms with Crippen molar-refractivity contribution in [3.63, 3.8) is 0 Å². The molecule has 0 radical (unpaired) electrons. The predicted molar refractivity (Wildman–Crippen MR) is 83.8 cm³/mol. The largest absolute Gasteiger partial charge is 0.325 e. The van der Waals surface area contributed by atoms with Crippen LogP contribution in [0.4, 0.5) is 4.79 Å². The number of nitrogens with one attached hydrogen (secondary N) is 1. The lowest BCUT2D eigenvalue weighted by Gasteiger charge is -2.37. The van der Waals surface area contributed by atoms with Crippen molar-refractivity contribution in [2.75, 3.05) is 58.6 Å². The third kappa shape index (κ3) is 6.62. The summed E-state index contributed by atoms with van der Waals surface area (Å²) in [5, 5.41) is 0. The van der Waals surface area contributed by atoms with Crippen molar-refractivity contribution in [3.8, 4) is 0 Å². The van der Waals surface area contributed by atoms with E-state index in [0.717, 1.165) is 52.2 Å². The molecule has 7 nitrogen and oxygen atoms in total. The first kappa shape index (κ1) is 18.2. The molecule has 124 valence electrons. The number of urea groups is 1. The zero-order valence-corrected chi connectivity index (χ0v) is 14.2. The second-order valence-electron chi connectivity index (χ2n) is 5.30. The number of sulfonamides is 1. The van der Waals surface area contributed by atoms with E-state index in [0.29, 0.717) is 6.54 Å². The quantitative estimate of drug-likeness (QED) is 0.671. The SMILES string of the molecule is CCN(CC)C(=O)N1CCN(CCCNS(C)(=O)=O)CC1. The Morgan fingerprint density at radius 1 is 1.14 bits per heavy atom. The van der Waals surface area contributed by atoms with E-state index in [-0.39, 0.29) is 6.03 Å². The van der Waals surface area contributed by atoms with E-state index in [9.17, 15) is 13.2 Å². The molecule has 1 aliphatic rings. The van der Waals surface area contributed by atoms with Crippen molar-refractivity contribution in [2.24, 2.45) is 0 Å². The van der Waals surface area contributed by atoms with Crippen LogP contribution in [0.5, 0.6) is 0 Å². The Labute approximate surface area is 128 Å². The molecule has 1 heterocycles. The summed E-state index contributed by atoms with van der Waals surface area (Å²) in [6, 6.07) is 0.124. The minimum atomic E-state index is -3.09. The van der Waals surface area contributed by atoms with Crippen LogP contribution >= 0.6 is 0 Å². The van der Waals surface area contributed by atoms with Crippen LogP contribution in [0, 0.1) is 0 Å². The molecule has 0 aromatic heterocycles. The Kier molecular flexibility index (Phi) is 7.41. The van der Waals surface area contributed by atoms with Gasteiger partial charge in [-0.25, -0.2) is 17.9 Å². The fourth-order valence-corrected chi connectivity index (χ4v) is 2.93. The monoisotopic (exact) mass is 320 g/mol. The molecule has 1 N–H and O–H groups in total. The highest BCUT2D eigenvalue weighted by Gasteiger charge is 2.23. The summed E-state index contributed by atoms with van der Waals surface area (Å²) < 4.78 is 24.4. The van der Waals surface area contributed by atoms with Crippen molar-refractivity contribution < 1.29 is 13.2 Å². The minimum absolute atomic E-state index is 0.124. The summed E-state index contributed by atoms with van der Waals surface area (Å²) in [7, 11) is -3.09. The van der Waals surface area contributed by atoms with Crippen molar-refractivity contribution in [2.45, 2.75) is 20.3 Å². The first-order chi connectivity index (χ1) is 9.87. The molecule has 0 aliphatic carbocycles. The molecule has 8 heteroatoms. The summed E-state index contributed by atoms with van der Waals surface area (Å²) in [5.41, 5.74) is 0. The highest BCUT2D eigenvalue weighted by atomic mass is 32.2. The van der Waals surface area contributed by atoms with E-state index in [1.54, 1.807) is 0 Å². The van der Waals surface area contributed by atoms with Gasteiger partial charge in [0.25, 0.3) is 0 Å². The van der Waals surface area contributed by atoms with Gasteiger partial charge in [0.1, 0.15) is 0 Å². The number of rotatable bonds is 7. The van der Waals surface area contributed by atoms with E-state index in [1.165, 1.54) is 6.26 Å². The Bertz CT molecular complexity index is 415. The van der Waals surface area contributed by atoms with Crippen LogP contribution < -0.4 is 4.72 Å². The lowest BCUT2D eigenvalue weighted by molar-refractivity contribution is 0.115. The molecule has 0 aromatic carbocycles. The zero-order valence-electron chi connectivity index (χ0n) is 13.3. The molecule has 1 saturated heterocycles. The fourth-order valence-electron chi connectivity index (χ4n) is 2.42. The second kappa shape index (κ2) is 8.55. The summed E-state index contributed by atoms with van der Waals surface area (Å²) in [6.45, 7) is 9.99. The van der Waals surface area contributed by atoms with Crippen molar-refractivity contribution in [1.29, 1.82) is 0 Å². The first-order valence-corrected chi connectivity index (χ1v) is 9.47. The highest BCUT2D eigenvalue weighted by Crippen LogP contribution is 2.06. The average Bonchev–Trinajstić information content (AvgIpc) is 2.44. The number of hydrogen-bond donors (Lipinski definition) is 1. The van der Waals surface area contributed by atoms with Gasteiger partial charge in [-0.15, -0.1) is 0 Å². The number of piperazine rings is 1. The molecule has 0 bridgehead atoms. The zero-order chi connectivity index (χ0) is 15.9. The van der Waals surface area contributed by atoms with E-state index >= 15 is 0 Å². The van der Waals surface area contributed by atoms with Gasteiger partial charge in [-0.3, -0.25) is 4.90 Å². The van der Waals surface area contributed by atoms with Crippen LogP contribution in [0.2, 0.25) is 0 Å². The Balaban J connectivity index is 2.24. The average molecular weight is 320 g/mol. The van der Waals surface area contributed by atoms with Gasteiger partial charge in [0, 0.05) is 45.8 Å². The van der Waals surface area contributed by atoms with Crippen LogP contribution in [-0.2, 0) is 10.0 Å². The van der Waals surface area contributed by atoms with Gasteiger partial charge in [0.15, 0.2) is 0 Å². The first-order valence-electron chi connectivity index (χ1n) is 7.58. The van der Waals surface area contributed by atoms with Crippen molar-refractivity contribution >= 4 is 16.1 Å². The van der Waals surface area contributed by atoms with Crippen molar-refractivity contribution in [1.82, 2.24) is 19.4 Å². The molecule has 0 saturated carbocycles. The second-order valence-corrected chi connectivity index (χ2v) is 7.14. The molecule has 0 atom stereocenters. The van der Waals surface area contributed by atoms with Crippen molar-refractivity contribution in [3.05, 3.63) is 0 Å². The van der Waals surface area contributed by atoms with E-state index in [4.69, 9.17) is 0 Å². The molecule has 1 fully saturated rings. The van der Waals surface area contributed by atoms with Crippen LogP contribution in [0.1, 0.15) is 20.3 Å². The Morgan fingerprint density at radius 3 is 2.19 bits per heavy atom. The summed E-state index contributed by atoms with van der Waals surface area (Å²) >= 11 is 0. The molecule has 1 rings (SSSR count). The van der Waals surface area contributed by atoms with Crippen LogP contribution in [-0.4, -0.2) is 87.8 Å². The highest BCUT2D eigenvalue weighted by molar-refractivity contribution is 7.88. The molecule has 1 aliphatic heterocycles. The summed E-state index contributed by atoms with van der Waals surface area (Å²) in [6.07, 6.45) is 1.96. The van der Waals surface area contributed by atoms with Gasteiger partial charge in [-0.05, 0) is 26.8 Å². The maximum Gasteiger partial charge on any atom is 0.320 e. The van der Waals surface area contributed by atoms with Gasteiger partial charge in [-0.1, -0.05) is 0 Å². The molecule has 0 unspecified atom stereocenters. The molecular formula is C13H28N4O3S. The van der Waals surface area contributed by atoms with Gasteiger partial charge in [-0.2, -0.15) is 0 Å². The standard InChI is InChI=1S/C13H28N4O3S/c1-4-16(5-2)13(18)17-11-9-15(10-12-17)8-6-7-14-21(3,19)20/h14H,4-12H2,1-3H3. The normalized spacial score (nSPS) is 17.0. The van der Waals surface area contributed by atoms with E-state index < -0.39 is 10.0 Å². The molecule has 0 spiro atoms. The number of carbonyl (C=O) groups excluding carboxylic acids is 1. The minimum Gasteiger partial charge on any atom is -0.325 e. The number of amides is 2. The Hall–Kier alpha value is -0.860. The van der Waals surface area contributed by atoms with Crippen LogP contribution in [0.15, 0.2) is 0 Å². The van der Waals surface area contributed by atoms with Gasteiger partial charge < -0.3 is 9.80 Å². The lowest BCUT2D eigenvalue weighted by Crippen LogP contribution is -2.53. The maximum absolute atomic E-state index is 12.2. The summed E-state index contributed by atoms with van der Waals surface area (Å²) in [5.74, 6) is 0. The Morgan fingerprint density at radius 2 is 1.71 bits per heavy atom. The van der Waals surface area contributed by atoms with Gasteiger partial charge in [0.2, 0.25) is 10.0 Å². The smallest absolute Gasteiger partial charge is 0.320 e. The lowest BCUT2D eigenvalue weighted by atomic mass is 10.3. The van der Waals surface area contributed by atoms with Crippen LogP contribution in [0.25, 0.3) is 0 Å². The molecular weight excluding hydrogens is 292 g/mol. The topological polar surface area (TPSA) is 73.0 Å². The van der Waals surface area contributed by atoms with Gasteiger partial charge in [0.05, 0.1) is 6.26 Å². The predicted octanol–water partition coefficient (Wildman–Crippen LogP) is 0.00510. The maximum atomic E-state index is 12.2. The number of nitrogens with zero attached hydrogens (tertiary/aromatic N) is 3. The number of carbonyl (C=O) groups is 1. The molecule has 21 heavy (non-hydrogen) atoms. The fraction of sp³-hybridized carbons (Fsp3) is 0.923. The summed E-state index contributed by atoms with van der Waals surface area (Å²) in [4.78, 5) is 18.2.